The van der Waals surface area contributed by atoms with E-state index in [0.717, 1.165) is 29.6 Å². The van der Waals surface area contributed by atoms with Crippen molar-refractivity contribution in [2.45, 2.75) is 12.8 Å². The summed E-state index contributed by atoms with van der Waals surface area (Å²) in [5.74, 6) is 0.191. The minimum absolute atomic E-state index is 0.0582. The van der Waals surface area contributed by atoms with Crippen LogP contribution < -0.4 is 10.6 Å². The van der Waals surface area contributed by atoms with Crippen molar-refractivity contribution in [2.75, 3.05) is 19.6 Å². The molecule has 1 amide bonds. The molecule has 3 nitrogen and oxygen atoms in total. The van der Waals surface area contributed by atoms with E-state index < -0.39 is 0 Å². The van der Waals surface area contributed by atoms with Gasteiger partial charge in [0.1, 0.15) is 5.82 Å². The molecule has 2 heterocycles. The van der Waals surface area contributed by atoms with E-state index in [-0.39, 0.29) is 11.7 Å². The molecular weight excluding hydrogens is 275 g/mol. The Morgan fingerprint density at radius 1 is 1.45 bits per heavy atom. The van der Waals surface area contributed by atoms with Crippen molar-refractivity contribution in [1.82, 2.24) is 10.6 Å². The minimum Gasteiger partial charge on any atom is -0.351 e. The van der Waals surface area contributed by atoms with Crippen LogP contribution in [-0.4, -0.2) is 25.5 Å². The second-order valence-electron chi connectivity index (χ2n) is 5.22. The molecule has 1 aromatic carbocycles. The van der Waals surface area contributed by atoms with Crippen molar-refractivity contribution in [2.24, 2.45) is 5.92 Å². The Kier molecular flexibility index (Phi) is 3.98. The highest BCUT2D eigenvalue weighted by Crippen LogP contribution is 2.26. The molecule has 1 atom stereocenters. The topological polar surface area (TPSA) is 41.1 Å². The molecule has 0 spiro atoms. The van der Waals surface area contributed by atoms with E-state index in [0.29, 0.717) is 17.3 Å². The Hall–Kier alpha value is -1.46. The van der Waals surface area contributed by atoms with E-state index >= 15 is 0 Å². The number of benzene rings is 1. The van der Waals surface area contributed by atoms with Crippen LogP contribution in [0, 0.1) is 11.7 Å². The van der Waals surface area contributed by atoms with E-state index in [9.17, 15) is 9.18 Å². The molecule has 2 aromatic rings. The van der Waals surface area contributed by atoms with E-state index in [1.165, 1.54) is 29.9 Å². The predicted octanol–water partition coefficient (Wildman–Crippen LogP) is 2.77. The third-order valence-electron chi connectivity index (χ3n) is 3.66. The monoisotopic (exact) mass is 292 g/mol. The number of thiophene rings is 1. The van der Waals surface area contributed by atoms with Crippen LogP contribution in [0.2, 0.25) is 0 Å². The second kappa shape index (κ2) is 5.89. The number of amides is 1. The number of carbonyl (C=O) groups is 1. The molecule has 2 N–H and O–H groups in total. The summed E-state index contributed by atoms with van der Waals surface area (Å²) < 4.78 is 14.0. The summed E-state index contributed by atoms with van der Waals surface area (Å²) in [6.07, 6.45) is 2.33. The Morgan fingerprint density at radius 2 is 2.35 bits per heavy atom. The maximum atomic E-state index is 13.1. The van der Waals surface area contributed by atoms with Gasteiger partial charge in [-0.2, -0.15) is 0 Å². The lowest BCUT2D eigenvalue weighted by Gasteiger charge is -2.22. The Balaban J connectivity index is 1.65. The van der Waals surface area contributed by atoms with Gasteiger partial charge in [0.05, 0.1) is 4.88 Å². The molecule has 1 aromatic heterocycles. The number of carbonyl (C=O) groups excluding carboxylic acids is 1. The average Bonchev–Trinajstić information content (AvgIpc) is 2.89. The van der Waals surface area contributed by atoms with Crippen LogP contribution in [0.15, 0.2) is 24.3 Å². The largest absolute Gasteiger partial charge is 0.351 e. The molecule has 0 aliphatic carbocycles. The fraction of sp³-hybridized carbons (Fsp3) is 0.400. The van der Waals surface area contributed by atoms with E-state index in [4.69, 9.17) is 0 Å². The number of piperidine rings is 1. The van der Waals surface area contributed by atoms with Gasteiger partial charge in [0.15, 0.2) is 0 Å². The van der Waals surface area contributed by atoms with Crippen molar-refractivity contribution in [3.8, 4) is 0 Å². The Labute approximate surface area is 121 Å². The van der Waals surface area contributed by atoms with Gasteiger partial charge < -0.3 is 10.6 Å². The highest BCUT2D eigenvalue weighted by Gasteiger charge is 2.15. The highest BCUT2D eigenvalue weighted by atomic mass is 32.1. The summed E-state index contributed by atoms with van der Waals surface area (Å²) in [6, 6.07) is 6.43. The van der Waals surface area contributed by atoms with Gasteiger partial charge in [-0.05, 0) is 55.4 Å². The molecule has 1 aliphatic heterocycles. The zero-order chi connectivity index (χ0) is 13.9. The Morgan fingerprint density at radius 3 is 3.15 bits per heavy atom. The van der Waals surface area contributed by atoms with E-state index in [2.05, 4.69) is 10.6 Å². The number of halogens is 1. The van der Waals surface area contributed by atoms with Crippen molar-refractivity contribution in [3.05, 3.63) is 35.0 Å². The first-order valence-corrected chi connectivity index (χ1v) is 7.72. The fourth-order valence-electron chi connectivity index (χ4n) is 2.54. The molecule has 20 heavy (non-hydrogen) atoms. The smallest absolute Gasteiger partial charge is 0.261 e. The molecule has 0 saturated carbocycles. The molecule has 0 bridgehead atoms. The number of nitrogens with one attached hydrogen (secondary N) is 2. The zero-order valence-corrected chi connectivity index (χ0v) is 11.9. The molecule has 3 rings (SSSR count). The summed E-state index contributed by atoms with van der Waals surface area (Å²) in [7, 11) is 0. The Bertz CT molecular complexity index is 619. The molecule has 0 radical (unpaired) electrons. The van der Waals surface area contributed by atoms with Crippen LogP contribution in [0.25, 0.3) is 10.1 Å². The van der Waals surface area contributed by atoms with Gasteiger partial charge in [0.25, 0.3) is 5.91 Å². The number of hydrogen-bond donors (Lipinski definition) is 2. The summed E-state index contributed by atoms with van der Waals surface area (Å²) in [4.78, 5) is 12.8. The SMILES string of the molecule is O=C(NCC1CCCNC1)c1cc2ccc(F)cc2s1. The zero-order valence-electron chi connectivity index (χ0n) is 11.1. The third kappa shape index (κ3) is 2.99. The molecule has 5 heteroatoms. The van der Waals surface area contributed by atoms with Gasteiger partial charge in [0.2, 0.25) is 0 Å². The molecule has 1 unspecified atom stereocenters. The van der Waals surface area contributed by atoms with Gasteiger partial charge in [-0.3, -0.25) is 4.79 Å². The fourth-order valence-corrected chi connectivity index (χ4v) is 3.54. The van der Waals surface area contributed by atoms with Crippen molar-refractivity contribution >= 4 is 27.3 Å². The van der Waals surface area contributed by atoms with E-state index in [1.54, 1.807) is 6.07 Å². The van der Waals surface area contributed by atoms with Crippen LogP contribution in [0.5, 0.6) is 0 Å². The lowest BCUT2D eigenvalue weighted by atomic mass is 10.00. The van der Waals surface area contributed by atoms with Crippen LogP contribution in [0.4, 0.5) is 4.39 Å². The number of rotatable bonds is 3. The van der Waals surface area contributed by atoms with Crippen molar-refractivity contribution < 1.29 is 9.18 Å². The van der Waals surface area contributed by atoms with Crippen molar-refractivity contribution in [1.29, 1.82) is 0 Å². The maximum Gasteiger partial charge on any atom is 0.261 e. The lowest BCUT2D eigenvalue weighted by Crippen LogP contribution is -2.37. The normalized spacial score (nSPS) is 19.1. The highest BCUT2D eigenvalue weighted by molar-refractivity contribution is 7.20. The summed E-state index contributed by atoms with van der Waals surface area (Å²) in [6.45, 7) is 2.75. The standard InChI is InChI=1S/C15H17FN2OS/c16-12-4-3-11-6-14(20-13(11)7-12)15(19)18-9-10-2-1-5-17-8-10/h3-4,6-7,10,17H,1-2,5,8-9H2,(H,18,19). The average molecular weight is 292 g/mol. The number of hydrogen-bond acceptors (Lipinski definition) is 3. The van der Waals surface area contributed by atoms with Gasteiger partial charge in [-0.25, -0.2) is 4.39 Å². The summed E-state index contributed by atoms with van der Waals surface area (Å²) in [5.41, 5.74) is 0. The summed E-state index contributed by atoms with van der Waals surface area (Å²) >= 11 is 1.34. The second-order valence-corrected chi connectivity index (χ2v) is 6.30. The maximum absolute atomic E-state index is 13.1. The lowest BCUT2D eigenvalue weighted by molar-refractivity contribution is 0.0949. The van der Waals surface area contributed by atoms with Crippen LogP contribution in [0.1, 0.15) is 22.5 Å². The molecule has 1 aliphatic rings. The van der Waals surface area contributed by atoms with Crippen LogP contribution in [0.3, 0.4) is 0 Å². The summed E-state index contributed by atoms with van der Waals surface area (Å²) in [5, 5.41) is 7.24. The molecule has 1 saturated heterocycles. The quantitative estimate of drug-likeness (QED) is 0.913. The molecular formula is C15H17FN2OS. The van der Waals surface area contributed by atoms with Crippen LogP contribution in [-0.2, 0) is 0 Å². The van der Waals surface area contributed by atoms with Gasteiger partial charge >= 0.3 is 0 Å². The minimum atomic E-state index is -0.264. The first kappa shape index (κ1) is 13.5. The predicted molar refractivity (Wildman–Crippen MR) is 79.7 cm³/mol. The third-order valence-corrected chi connectivity index (χ3v) is 4.75. The molecule has 106 valence electrons. The molecule has 1 fully saturated rings. The van der Waals surface area contributed by atoms with Crippen molar-refractivity contribution in [3.63, 3.8) is 0 Å². The number of fused-ring (bicyclic) bond motifs is 1. The van der Waals surface area contributed by atoms with Gasteiger partial charge in [-0.15, -0.1) is 11.3 Å². The first-order valence-electron chi connectivity index (χ1n) is 6.90. The van der Waals surface area contributed by atoms with Gasteiger partial charge in [-0.1, -0.05) is 6.07 Å². The van der Waals surface area contributed by atoms with Crippen LogP contribution >= 0.6 is 11.3 Å². The van der Waals surface area contributed by atoms with E-state index in [1.807, 2.05) is 6.07 Å². The van der Waals surface area contributed by atoms with Gasteiger partial charge in [0, 0.05) is 11.2 Å². The first-order chi connectivity index (χ1) is 9.72.